The molecule has 11 heteroatoms. The summed E-state index contributed by atoms with van der Waals surface area (Å²) in [4.78, 5) is 19.6. The van der Waals surface area contributed by atoms with Gasteiger partial charge in [-0.05, 0) is 67.6 Å². The maximum atomic E-state index is 13.6. The van der Waals surface area contributed by atoms with Gasteiger partial charge in [0.2, 0.25) is 11.7 Å². The quantitative estimate of drug-likeness (QED) is 0.279. The molecule has 9 nitrogen and oxygen atoms in total. The van der Waals surface area contributed by atoms with Crippen molar-refractivity contribution >= 4 is 11.6 Å². The van der Waals surface area contributed by atoms with E-state index in [0.29, 0.717) is 49.9 Å². The molecule has 0 saturated carbocycles. The highest BCUT2D eigenvalue weighted by Gasteiger charge is 2.42. The molecule has 2 aliphatic rings. The van der Waals surface area contributed by atoms with Gasteiger partial charge in [0.25, 0.3) is 6.43 Å². The minimum Gasteiger partial charge on any atom is -0.481 e. The molecule has 3 aromatic heterocycles. The fraction of sp³-hybridized carbons (Fsp3) is 0.455. The van der Waals surface area contributed by atoms with Crippen molar-refractivity contribution < 1.29 is 28.2 Å². The third-order valence-corrected chi connectivity index (χ3v) is 9.25. The van der Waals surface area contributed by atoms with E-state index >= 15 is 0 Å². The Morgan fingerprint density at radius 1 is 1.14 bits per heavy atom. The number of halogens is 2. The van der Waals surface area contributed by atoms with Crippen LogP contribution in [0.5, 0.6) is 5.88 Å². The Morgan fingerprint density at radius 3 is 2.64 bits per heavy atom. The first-order valence-electron chi connectivity index (χ1n) is 14.9. The van der Waals surface area contributed by atoms with Gasteiger partial charge in [-0.2, -0.15) is 0 Å². The van der Waals surface area contributed by atoms with Gasteiger partial charge < -0.3 is 14.6 Å². The zero-order valence-electron chi connectivity index (χ0n) is 25.4. The topological polar surface area (TPSA) is 102 Å². The van der Waals surface area contributed by atoms with E-state index in [2.05, 4.69) is 33.1 Å². The third kappa shape index (κ3) is 5.43. The van der Waals surface area contributed by atoms with Crippen molar-refractivity contribution in [2.24, 2.45) is 5.41 Å². The number of alkyl halides is 2. The second-order valence-corrected chi connectivity index (χ2v) is 12.6. The van der Waals surface area contributed by atoms with Crippen molar-refractivity contribution in [3.63, 3.8) is 0 Å². The van der Waals surface area contributed by atoms with Crippen LogP contribution in [0.2, 0.25) is 0 Å². The second kappa shape index (κ2) is 11.5. The summed E-state index contributed by atoms with van der Waals surface area (Å²) in [6, 6.07) is 11.8. The fourth-order valence-electron chi connectivity index (χ4n) is 6.66. The summed E-state index contributed by atoms with van der Waals surface area (Å²) in [6.45, 7) is 10.5. The molecule has 5 heterocycles. The first-order chi connectivity index (χ1) is 21.0. The van der Waals surface area contributed by atoms with Gasteiger partial charge in [-0.25, -0.2) is 13.8 Å². The maximum Gasteiger partial charge on any atom is 0.310 e. The number of aliphatic carboxylic acids is 1. The Bertz CT molecular complexity index is 1700. The van der Waals surface area contributed by atoms with Crippen molar-refractivity contribution in [1.29, 1.82) is 0 Å². The largest absolute Gasteiger partial charge is 0.481 e. The molecule has 1 spiro atoms. The number of carbonyl (C=O) groups is 1. The highest BCUT2D eigenvalue weighted by Crippen LogP contribution is 2.44. The first-order valence-corrected chi connectivity index (χ1v) is 14.9. The number of aryl methyl sites for hydroxylation is 2. The molecular weight excluding hydrogens is 568 g/mol. The van der Waals surface area contributed by atoms with Gasteiger partial charge >= 0.3 is 5.97 Å². The maximum absolute atomic E-state index is 13.6. The number of hydrogen-bond donors (Lipinski definition) is 1. The minimum atomic E-state index is -2.78. The van der Waals surface area contributed by atoms with E-state index in [0.717, 1.165) is 35.1 Å². The predicted octanol–water partition coefficient (Wildman–Crippen LogP) is 5.87. The lowest BCUT2D eigenvalue weighted by Crippen LogP contribution is -2.49. The zero-order chi connectivity index (χ0) is 31.2. The van der Waals surface area contributed by atoms with E-state index in [1.165, 1.54) is 10.6 Å². The number of hydrogen-bond acceptors (Lipinski definition) is 7. The molecular formula is C33H37F2N5O4. The zero-order valence-corrected chi connectivity index (χ0v) is 25.4. The Labute approximate surface area is 254 Å². The lowest BCUT2D eigenvalue weighted by atomic mass is 9.70. The number of rotatable bonds is 7. The molecule has 0 bridgehead atoms. The molecule has 1 unspecified atom stereocenters. The smallest absolute Gasteiger partial charge is 0.310 e. The van der Waals surface area contributed by atoms with Gasteiger partial charge in [0.05, 0.1) is 18.6 Å². The van der Waals surface area contributed by atoms with Crippen molar-refractivity contribution in [2.45, 2.75) is 71.6 Å². The minimum absolute atomic E-state index is 0.287. The molecule has 1 aromatic carbocycles. The highest BCUT2D eigenvalue weighted by molar-refractivity contribution is 5.77. The van der Waals surface area contributed by atoms with Crippen molar-refractivity contribution in [2.75, 3.05) is 19.8 Å². The number of aromatic nitrogens is 4. The van der Waals surface area contributed by atoms with Crippen molar-refractivity contribution in [3.05, 3.63) is 88.0 Å². The molecule has 1 N–H and O–H groups in total. The summed E-state index contributed by atoms with van der Waals surface area (Å²) in [5.74, 6) is -1.33. The molecule has 1 saturated heterocycles. The number of carboxylic acids is 1. The normalized spacial score (nSPS) is 17.8. The van der Waals surface area contributed by atoms with E-state index in [1.807, 2.05) is 24.3 Å². The second-order valence-electron chi connectivity index (χ2n) is 12.6. The van der Waals surface area contributed by atoms with E-state index < -0.39 is 35.2 Å². The molecule has 0 aliphatic carbocycles. The van der Waals surface area contributed by atoms with Crippen LogP contribution < -0.4 is 4.74 Å². The van der Waals surface area contributed by atoms with E-state index in [9.17, 15) is 18.7 Å². The number of fused-ring (bicyclic) bond motifs is 2. The summed E-state index contributed by atoms with van der Waals surface area (Å²) >= 11 is 0. The van der Waals surface area contributed by atoms with Crippen LogP contribution in [0.3, 0.4) is 0 Å². The molecule has 2 aliphatic heterocycles. The van der Waals surface area contributed by atoms with Crippen LogP contribution in [-0.2, 0) is 22.6 Å². The average molecular weight is 606 g/mol. The number of nitrogens with zero attached hydrogens (tertiary/aromatic N) is 5. The molecule has 44 heavy (non-hydrogen) atoms. The van der Waals surface area contributed by atoms with Crippen molar-refractivity contribution in [3.8, 4) is 5.88 Å². The van der Waals surface area contributed by atoms with E-state index in [-0.39, 0.29) is 5.65 Å². The molecule has 6 rings (SSSR count). The third-order valence-electron chi connectivity index (χ3n) is 9.25. The number of carboxylic acid groups (broad SMARTS) is 1. The van der Waals surface area contributed by atoms with Crippen LogP contribution in [-0.4, -0.2) is 60.9 Å². The monoisotopic (exact) mass is 605 g/mol. The van der Waals surface area contributed by atoms with Gasteiger partial charge in [0, 0.05) is 56.4 Å². The van der Waals surface area contributed by atoms with Gasteiger partial charge in [-0.3, -0.25) is 14.1 Å². The Balaban J connectivity index is 1.40. The lowest BCUT2D eigenvalue weighted by molar-refractivity contribution is -0.147. The Kier molecular flexibility index (Phi) is 7.87. The van der Waals surface area contributed by atoms with E-state index in [1.54, 1.807) is 33.0 Å². The standard InChI is InChI=1S/C33H37F2N5O4/c1-20-7-8-22(26(32(3,4)31(41)42)25-9-13-40-28(21(25)2)37-38-29(40)27(34)35)16-24(20)18-39-17-23-6-5-12-36-30(23)44-33(19-39)10-14-43-15-11-33/h5-9,12-13,16,26-27H,10-11,14-15,17-19H2,1-4H3,(H,41,42). The van der Waals surface area contributed by atoms with Gasteiger partial charge in [0.15, 0.2) is 5.65 Å². The molecule has 1 atom stereocenters. The summed E-state index contributed by atoms with van der Waals surface area (Å²) in [6.07, 6.45) is 2.02. The SMILES string of the molecule is Cc1ccc(C(c2ccn3c(C(F)F)nnc3c2C)C(C)(C)C(=O)O)cc1CN1Cc2cccnc2OC2(CCOCC2)C1. The van der Waals surface area contributed by atoms with Gasteiger partial charge in [-0.1, -0.05) is 24.3 Å². The van der Waals surface area contributed by atoms with Crippen LogP contribution >= 0.6 is 0 Å². The van der Waals surface area contributed by atoms with Gasteiger partial charge in [-0.15, -0.1) is 10.2 Å². The number of ether oxygens (including phenoxy) is 2. The Hall–Kier alpha value is -3.96. The Morgan fingerprint density at radius 2 is 1.91 bits per heavy atom. The summed E-state index contributed by atoms with van der Waals surface area (Å²) in [5, 5.41) is 18.1. The first kappa shape index (κ1) is 30.1. The van der Waals surface area contributed by atoms with Crippen LogP contribution in [0.25, 0.3) is 5.65 Å². The number of pyridine rings is 2. The van der Waals surface area contributed by atoms with Crippen LogP contribution in [0.15, 0.2) is 48.8 Å². The number of benzene rings is 1. The van der Waals surface area contributed by atoms with Gasteiger partial charge in [0.1, 0.15) is 5.60 Å². The van der Waals surface area contributed by atoms with Crippen LogP contribution in [0.1, 0.15) is 78.2 Å². The summed E-state index contributed by atoms with van der Waals surface area (Å²) in [5.41, 5.74) is 3.99. The average Bonchev–Trinajstić information content (AvgIpc) is 3.36. The predicted molar refractivity (Wildman–Crippen MR) is 159 cm³/mol. The molecule has 232 valence electrons. The molecule has 0 radical (unpaired) electrons. The summed E-state index contributed by atoms with van der Waals surface area (Å²) in [7, 11) is 0. The molecule has 0 amide bonds. The van der Waals surface area contributed by atoms with E-state index in [4.69, 9.17) is 9.47 Å². The summed E-state index contributed by atoms with van der Waals surface area (Å²) < 4.78 is 40.6. The molecule has 1 fully saturated rings. The van der Waals surface area contributed by atoms with Crippen molar-refractivity contribution in [1.82, 2.24) is 24.5 Å². The van der Waals surface area contributed by atoms with Crippen LogP contribution in [0.4, 0.5) is 8.78 Å². The lowest BCUT2D eigenvalue weighted by Gasteiger charge is -2.38. The highest BCUT2D eigenvalue weighted by atomic mass is 19.3. The molecule has 4 aromatic rings. The van der Waals surface area contributed by atoms with Crippen LogP contribution in [0, 0.1) is 19.3 Å². The fourth-order valence-corrected chi connectivity index (χ4v) is 6.66.